The number of carbonyl (C=O) groups excluding carboxylic acids is 1. The first-order valence-corrected chi connectivity index (χ1v) is 11.2. The summed E-state index contributed by atoms with van der Waals surface area (Å²) in [6, 6.07) is 3.75. The van der Waals surface area contributed by atoms with Crippen LogP contribution >= 0.6 is 0 Å². The van der Waals surface area contributed by atoms with Gasteiger partial charge in [-0.25, -0.2) is 8.42 Å². The highest BCUT2D eigenvalue weighted by atomic mass is 32.2. The van der Waals surface area contributed by atoms with Crippen LogP contribution < -0.4 is 5.32 Å². The molecule has 1 aromatic heterocycles. The first kappa shape index (κ1) is 20.2. The molecule has 2 fully saturated rings. The Hall–Kier alpha value is -1.55. The SMILES string of the molecule is COCCN(C(=O)CN1CCNCC1c1cccnc1)C1CCS(=O)(=O)C1. The van der Waals surface area contributed by atoms with Crippen LogP contribution in [-0.4, -0.2) is 93.1 Å². The third-order valence-corrected chi connectivity index (χ3v) is 7.02. The molecule has 2 aliphatic heterocycles. The van der Waals surface area contributed by atoms with Crippen molar-refractivity contribution in [1.82, 2.24) is 20.1 Å². The quantitative estimate of drug-likeness (QED) is 0.676. The zero-order valence-corrected chi connectivity index (χ0v) is 16.5. The summed E-state index contributed by atoms with van der Waals surface area (Å²) in [5.74, 6) is 0.168. The van der Waals surface area contributed by atoms with Crippen molar-refractivity contribution >= 4 is 15.7 Å². The molecule has 3 rings (SSSR count). The van der Waals surface area contributed by atoms with E-state index in [1.54, 1.807) is 18.2 Å². The molecule has 9 heteroatoms. The first-order chi connectivity index (χ1) is 13.0. The van der Waals surface area contributed by atoms with E-state index >= 15 is 0 Å². The molecule has 27 heavy (non-hydrogen) atoms. The maximum atomic E-state index is 13.1. The van der Waals surface area contributed by atoms with Crippen LogP contribution in [0.1, 0.15) is 18.0 Å². The minimum Gasteiger partial charge on any atom is -0.383 e. The van der Waals surface area contributed by atoms with E-state index < -0.39 is 9.84 Å². The monoisotopic (exact) mass is 396 g/mol. The number of nitrogens with zero attached hydrogens (tertiary/aromatic N) is 3. The first-order valence-electron chi connectivity index (χ1n) is 9.33. The fourth-order valence-electron chi connectivity index (χ4n) is 3.82. The fraction of sp³-hybridized carbons (Fsp3) is 0.667. The van der Waals surface area contributed by atoms with Crippen LogP contribution in [0.5, 0.6) is 0 Å². The van der Waals surface area contributed by atoms with Gasteiger partial charge in [0.1, 0.15) is 0 Å². The highest BCUT2D eigenvalue weighted by Gasteiger charge is 2.36. The zero-order chi connectivity index (χ0) is 19.3. The lowest BCUT2D eigenvalue weighted by Gasteiger charge is -2.38. The van der Waals surface area contributed by atoms with E-state index in [1.807, 2.05) is 18.3 Å². The van der Waals surface area contributed by atoms with Crippen molar-refractivity contribution in [3.05, 3.63) is 30.1 Å². The number of rotatable bonds is 7. The van der Waals surface area contributed by atoms with E-state index in [2.05, 4.69) is 15.2 Å². The van der Waals surface area contributed by atoms with Crippen LogP contribution in [0.4, 0.5) is 0 Å². The largest absolute Gasteiger partial charge is 0.383 e. The number of methoxy groups -OCH3 is 1. The Morgan fingerprint density at radius 2 is 2.33 bits per heavy atom. The number of amides is 1. The Morgan fingerprint density at radius 1 is 1.48 bits per heavy atom. The molecule has 2 unspecified atom stereocenters. The molecule has 0 radical (unpaired) electrons. The molecular formula is C18H28N4O4S. The van der Waals surface area contributed by atoms with Gasteiger partial charge in [0.2, 0.25) is 5.91 Å². The van der Waals surface area contributed by atoms with Crippen molar-refractivity contribution in [3.63, 3.8) is 0 Å². The summed E-state index contributed by atoms with van der Waals surface area (Å²) in [6.07, 6.45) is 4.08. The maximum absolute atomic E-state index is 13.1. The van der Waals surface area contributed by atoms with Gasteiger partial charge in [0.15, 0.2) is 9.84 Å². The standard InChI is InChI=1S/C18H28N4O4S/c1-26-9-8-22(16-4-10-27(24,25)14-16)18(23)13-21-7-6-20-12-17(21)15-3-2-5-19-11-15/h2-3,5,11,16-17,20H,4,6-10,12-14H2,1H3. The van der Waals surface area contributed by atoms with E-state index in [9.17, 15) is 13.2 Å². The van der Waals surface area contributed by atoms with Gasteiger partial charge in [0.25, 0.3) is 0 Å². The second-order valence-electron chi connectivity index (χ2n) is 7.11. The van der Waals surface area contributed by atoms with Crippen molar-refractivity contribution in [1.29, 1.82) is 0 Å². The number of ether oxygens (including phenoxy) is 1. The van der Waals surface area contributed by atoms with E-state index in [-0.39, 0.29) is 36.0 Å². The Morgan fingerprint density at radius 3 is 3.00 bits per heavy atom. The van der Waals surface area contributed by atoms with Gasteiger partial charge in [-0.05, 0) is 18.1 Å². The van der Waals surface area contributed by atoms with E-state index in [0.717, 1.165) is 25.2 Å². The van der Waals surface area contributed by atoms with Crippen molar-refractivity contribution in [2.75, 3.05) is 57.9 Å². The van der Waals surface area contributed by atoms with Gasteiger partial charge >= 0.3 is 0 Å². The Bertz CT molecular complexity index is 728. The minimum absolute atomic E-state index is 0.0371. The number of nitrogens with one attached hydrogen (secondary N) is 1. The normalized spacial score (nSPS) is 25.4. The van der Waals surface area contributed by atoms with Crippen LogP contribution in [0.25, 0.3) is 0 Å². The predicted octanol–water partition coefficient (Wildman–Crippen LogP) is -0.310. The second-order valence-corrected chi connectivity index (χ2v) is 9.34. The summed E-state index contributed by atoms with van der Waals surface area (Å²) in [5.41, 5.74) is 1.07. The van der Waals surface area contributed by atoms with Crippen LogP contribution in [0.2, 0.25) is 0 Å². The number of sulfone groups is 1. The number of carbonyl (C=O) groups is 1. The lowest BCUT2D eigenvalue weighted by Crippen LogP contribution is -2.52. The number of hydrogen-bond donors (Lipinski definition) is 1. The average Bonchev–Trinajstić information content (AvgIpc) is 3.03. The van der Waals surface area contributed by atoms with Gasteiger partial charge in [-0.3, -0.25) is 14.7 Å². The third kappa shape index (κ3) is 5.25. The van der Waals surface area contributed by atoms with Gasteiger partial charge in [0.05, 0.1) is 24.7 Å². The lowest BCUT2D eigenvalue weighted by molar-refractivity contribution is -0.135. The van der Waals surface area contributed by atoms with Crippen molar-refractivity contribution in [2.45, 2.75) is 18.5 Å². The molecule has 0 saturated carbocycles. The van der Waals surface area contributed by atoms with Gasteiger partial charge in [0, 0.05) is 57.8 Å². The topological polar surface area (TPSA) is 91.8 Å². The number of aromatic nitrogens is 1. The zero-order valence-electron chi connectivity index (χ0n) is 15.7. The summed E-state index contributed by atoms with van der Waals surface area (Å²) in [6.45, 7) is 3.41. The molecule has 0 bridgehead atoms. The molecule has 0 aromatic carbocycles. The summed E-state index contributed by atoms with van der Waals surface area (Å²) in [5, 5.41) is 3.37. The summed E-state index contributed by atoms with van der Waals surface area (Å²) < 4.78 is 28.9. The predicted molar refractivity (Wildman–Crippen MR) is 102 cm³/mol. The molecule has 2 atom stereocenters. The number of piperazine rings is 1. The molecule has 2 saturated heterocycles. The molecule has 150 valence electrons. The molecule has 1 N–H and O–H groups in total. The second kappa shape index (κ2) is 9.09. The van der Waals surface area contributed by atoms with Crippen molar-refractivity contribution < 1.29 is 17.9 Å². The van der Waals surface area contributed by atoms with Crippen LogP contribution in [-0.2, 0) is 19.4 Å². The Balaban J connectivity index is 1.71. The minimum atomic E-state index is -3.05. The molecule has 2 aliphatic rings. The molecule has 0 aliphatic carbocycles. The summed E-state index contributed by atoms with van der Waals surface area (Å²) in [7, 11) is -1.47. The van der Waals surface area contributed by atoms with Gasteiger partial charge in [-0.15, -0.1) is 0 Å². The van der Waals surface area contributed by atoms with E-state index in [0.29, 0.717) is 19.6 Å². The smallest absolute Gasteiger partial charge is 0.237 e. The van der Waals surface area contributed by atoms with E-state index in [1.165, 1.54) is 0 Å². The average molecular weight is 397 g/mol. The third-order valence-electron chi connectivity index (χ3n) is 5.27. The van der Waals surface area contributed by atoms with Gasteiger partial charge < -0.3 is 15.0 Å². The Labute approximate surface area is 160 Å². The summed E-state index contributed by atoms with van der Waals surface area (Å²) >= 11 is 0. The maximum Gasteiger partial charge on any atom is 0.237 e. The van der Waals surface area contributed by atoms with Crippen molar-refractivity contribution in [2.24, 2.45) is 0 Å². The summed E-state index contributed by atoms with van der Waals surface area (Å²) in [4.78, 5) is 21.1. The molecular weight excluding hydrogens is 368 g/mol. The molecule has 1 aromatic rings. The van der Waals surface area contributed by atoms with E-state index in [4.69, 9.17) is 4.74 Å². The van der Waals surface area contributed by atoms with Crippen LogP contribution in [0.3, 0.4) is 0 Å². The highest BCUT2D eigenvalue weighted by Crippen LogP contribution is 2.23. The molecule has 8 nitrogen and oxygen atoms in total. The highest BCUT2D eigenvalue weighted by molar-refractivity contribution is 7.91. The van der Waals surface area contributed by atoms with Gasteiger partial charge in [-0.1, -0.05) is 6.07 Å². The number of pyridine rings is 1. The van der Waals surface area contributed by atoms with Crippen LogP contribution in [0, 0.1) is 0 Å². The number of hydrogen-bond acceptors (Lipinski definition) is 7. The molecule has 0 spiro atoms. The van der Waals surface area contributed by atoms with Crippen LogP contribution in [0.15, 0.2) is 24.5 Å². The fourth-order valence-corrected chi connectivity index (χ4v) is 5.55. The molecule has 1 amide bonds. The van der Waals surface area contributed by atoms with Gasteiger partial charge in [-0.2, -0.15) is 0 Å². The lowest BCUT2D eigenvalue weighted by atomic mass is 10.1. The van der Waals surface area contributed by atoms with Crippen molar-refractivity contribution in [3.8, 4) is 0 Å². The molecule has 3 heterocycles. The Kier molecular flexibility index (Phi) is 6.80.